The lowest BCUT2D eigenvalue weighted by Gasteiger charge is -2.51. The Morgan fingerprint density at radius 3 is 2.66 bits per heavy atom. The number of fused-ring (bicyclic) bond motifs is 4. The van der Waals surface area contributed by atoms with E-state index in [4.69, 9.17) is 9.84 Å². The summed E-state index contributed by atoms with van der Waals surface area (Å²) in [5.74, 6) is 0.640. The highest BCUT2D eigenvalue weighted by molar-refractivity contribution is 7.88. The van der Waals surface area contributed by atoms with Gasteiger partial charge < -0.3 is 9.84 Å². The molecule has 8 heteroatoms. The number of carboxylic acids is 1. The van der Waals surface area contributed by atoms with E-state index in [-0.39, 0.29) is 12.5 Å². The molecule has 0 radical (unpaired) electrons. The first-order chi connectivity index (χ1) is 13.7. The summed E-state index contributed by atoms with van der Waals surface area (Å²) in [7, 11) is -1.42. The van der Waals surface area contributed by atoms with Crippen molar-refractivity contribution in [2.75, 3.05) is 33.0 Å². The van der Waals surface area contributed by atoms with Crippen LogP contribution < -0.4 is 4.74 Å². The normalized spacial score (nSPS) is 26.9. The molecule has 2 saturated heterocycles. The van der Waals surface area contributed by atoms with Crippen LogP contribution >= 0.6 is 0 Å². The largest absolute Gasteiger partial charge is 0.497 e. The highest BCUT2D eigenvalue weighted by Gasteiger charge is 2.44. The first-order valence-corrected chi connectivity index (χ1v) is 12.2. The van der Waals surface area contributed by atoms with E-state index in [0.29, 0.717) is 18.5 Å². The Bertz CT molecular complexity index is 841. The Morgan fingerprint density at radius 1 is 1.31 bits per heavy atom. The third-order valence-corrected chi connectivity index (χ3v) is 7.65. The van der Waals surface area contributed by atoms with Crippen LogP contribution in [0.25, 0.3) is 0 Å². The maximum atomic E-state index is 12.2. The fourth-order valence-electron chi connectivity index (χ4n) is 4.93. The van der Waals surface area contributed by atoms with Crippen LogP contribution in [0.15, 0.2) is 18.2 Å². The van der Waals surface area contributed by atoms with E-state index in [1.165, 1.54) is 17.4 Å². The molecular weight excluding hydrogens is 392 g/mol. The van der Waals surface area contributed by atoms with Crippen LogP contribution in [0.3, 0.4) is 0 Å². The minimum atomic E-state index is -3.13. The van der Waals surface area contributed by atoms with E-state index in [2.05, 4.69) is 17.0 Å². The summed E-state index contributed by atoms with van der Waals surface area (Å²) in [5, 5.41) is 7.72. The number of methoxy groups -OCH3 is 1. The number of rotatable bonds is 3. The van der Waals surface area contributed by atoms with Crippen molar-refractivity contribution in [1.29, 1.82) is 0 Å². The lowest BCUT2D eigenvalue weighted by atomic mass is 9.77. The van der Waals surface area contributed by atoms with Crippen LogP contribution in [0.1, 0.15) is 49.8 Å². The van der Waals surface area contributed by atoms with Crippen molar-refractivity contribution in [3.05, 3.63) is 29.3 Å². The van der Waals surface area contributed by atoms with E-state index in [0.717, 1.165) is 44.5 Å². The van der Waals surface area contributed by atoms with Crippen LogP contribution in [0.2, 0.25) is 0 Å². The Morgan fingerprint density at radius 2 is 2.03 bits per heavy atom. The molecule has 1 aromatic rings. The van der Waals surface area contributed by atoms with E-state index >= 15 is 0 Å². The van der Waals surface area contributed by atoms with Gasteiger partial charge in [-0.3, -0.25) is 9.69 Å². The molecule has 0 saturated carbocycles. The zero-order valence-corrected chi connectivity index (χ0v) is 18.3. The number of piperidine rings is 2. The maximum Gasteiger partial charge on any atom is 0.303 e. The average molecular weight is 425 g/mol. The zero-order valence-electron chi connectivity index (χ0n) is 17.5. The fraction of sp³-hybridized carbons (Fsp3) is 0.667. The number of hydrogen-bond donors (Lipinski definition) is 1. The molecule has 0 aliphatic carbocycles. The standard InChI is InChI=1S/C18H26N2O3S.C3H6O2/c1-23-15-5-6-16-13(10-15)7-9-19-12-14-4-3-8-20(24(2,21)22)17(14)11-18(16)19;1-2-3(4)5/h5-6,10,14,17-18H,3-4,7-9,11-12H2,1-2H3;2H2,1H3,(H,4,5)/t14-,17+,18+;/m1./s1. The molecule has 3 aliphatic heterocycles. The third kappa shape index (κ3) is 4.92. The van der Waals surface area contributed by atoms with Gasteiger partial charge in [0.1, 0.15) is 5.75 Å². The summed E-state index contributed by atoms with van der Waals surface area (Å²) in [6.07, 6.45) is 5.69. The first kappa shape index (κ1) is 22.1. The third-order valence-electron chi connectivity index (χ3n) is 6.35. The van der Waals surface area contributed by atoms with E-state index in [1.54, 1.807) is 18.3 Å². The van der Waals surface area contributed by atoms with Gasteiger partial charge in [-0.15, -0.1) is 0 Å². The molecule has 2 fully saturated rings. The van der Waals surface area contributed by atoms with Crippen molar-refractivity contribution < 1.29 is 23.1 Å². The van der Waals surface area contributed by atoms with Crippen LogP contribution in [0.5, 0.6) is 5.75 Å². The van der Waals surface area contributed by atoms with Crippen molar-refractivity contribution in [3.63, 3.8) is 0 Å². The second-order valence-electron chi connectivity index (χ2n) is 8.15. The molecule has 7 nitrogen and oxygen atoms in total. The molecule has 3 atom stereocenters. The number of hydrogen-bond acceptors (Lipinski definition) is 5. The van der Waals surface area contributed by atoms with Gasteiger partial charge in [0.2, 0.25) is 10.0 Å². The Hall–Kier alpha value is -1.64. The predicted octanol–water partition coefficient (Wildman–Crippen LogP) is 2.52. The second-order valence-corrected chi connectivity index (χ2v) is 10.1. The molecule has 1 aromatic carbocycles. The number of sulfonamides is 1. The molecule has 0 amide bonds. The quantitative estimate of drug-likeness (QED) is 0.802. The zero-order chi connectivity index (χ0) is 21.2. The minimum absolute atomic E-state index is 0.156. The van der Waals surface area contributed by atoms with Gasteiger partial charge in [0.05, 0.1) is 13.4 Å². The average Bonchev–Trinajstić information content (AvgIpc) is 2.71. The number of aliphatic carboxylic acids is 1. The van der Waals surface area contributed by atoms with Crippen molar-refractivity contribution >= 4 is 16.0 Å². The topological polar surface area (TPSA) is 87.2 Å². The molecule has 3 aliphatic rings. The Labute approximate surface area is 173 Å². The molecule has 0 unspecified atom stereocenters. The van der Waals surface area contributed by atoms with Gasteiger partial charge in [-0.25, -0.2) is 8.42 Å². The summed E-state index contributed by atoms with van der Waals surface area (Å²) in [4.78, 5) is 11.9. The molecule has 4 rings (SSSR count). The van der Waals surface area contributed by atoms with Crippen molar-refractivity contribution in [2.45, 2.75) is 51.1 Å². The molecule has 3 heterocycles. The Balaban J connectivity index is 0.000000431. The van der Waals surface area contributed by atoms with Gasteiger partial charge in [0.15, 0.2) is 0 Å². The van der Waals surface area contributed by atoms with Crippen molar-refractivity contribution in [2.24, 2.45) is 5.92 Å². The van der Waals surface area contributed by atoms with Gasteiger partial charge in [-0.05, 0) is 54.9 Å². The minimum Gasteiger partial charge on any atom is -0.497 e. The van der Waals surface area contributed by atoms with E-state index in [9.17, 15) is 13.2 Å². The van der Waals surface area contributed by atoms with E-state index in [1.807, 2.05) is 6.07 Å². The van der Waals surface area contributed by atoms with Gasteiger partial charge in [0, 0.05) is 38.1 Å². The summed E-state index contributed by atoms with van der Waals surface area (Å²) in [6, 6.07) is 6.85. The number of ether oxygens (including phenoxy) is 1. The number of nitrogens with zero attached hydrogens (tertiary/aromatic N) is 2. The molecular formula is C21H32N2O5S. The van der Waals surface area contributed by atoms with Crippen LogP contribution in [0, 0.1) is 5.92 Å². The lowest BCUT2D eigenvalue weighted by molar-refractivity contribution is -0.136. The van der Waals surface area contributed by atoms with Crippen LogP contribution in [-0.4, -0.2) is 67.7 Å². The maximum absolute atomic E-state index is 12.2. The number of carbonyl (C=O) groups is 1. The fourth-order valence-corrected chi connectivity index (χ4v) is 6.14. The highest BCUT2D eigenvalue weighted by Crippen LogP contribution is 2.43. The summed E-state index contributed by atoms with van der Waals surface area (Å²) in [6.45, 7) is 4.37. The van der Waals surface area contributed by atoms with E-state index < -0.39 is 16.0 Å². The SMILES string of the molecule is CCC(=O)O.COc1ccc2c(c1)CCN1C[C@H]3CCCN(S(C)(=O)=O)[C@H]3C[C@@H]21. The Kier molecular flexibility index (Phi) is 6.86. The number of carboxylic acid groups (broad SMARTS) is 1. The van der Waals surface area contributed by atoms with Crippen LogP contribution in [0.4, 0.5) is 0 Å². The number of benzene rings is 1. The molecule has 1 N–H and O–H groups in total. The summed E-state index contributed by atoms with van der Waals surface area (Å²) >= 11 is 0. The highest BCUT2D eigenvalue weighted by atomic mass is 32.2. The van der Waals surface area contributed by atoms with Crippen LogP contribution in [-0.2, 0) is 21.2 Å². The summed E-state index contributed by atoms with van der Waals surface area (Å²) < 4.78 is 31.6. The molecule has 0 aromatic heterocycles. The molecule has 0 bridgehead atoms. The smallest absolute Gasteiger partial charge is 0.303 e. The van der Waals surface area contributed by atoms with Gasteiger partial charge in [-0.2, -0.15) is 4.31 Å². The molecule has 29 heavy (non-hydrogen) atoms. The summed E-state index contributed by atoms with van der Waals surface area (Å²) in [5.41, 5.74) is 2.72. The van der Waals surface area contributed by atoms with Crippen molar-refractivity contribution in [3.8, 4) is 5.75 Å². The molecule has 0 spiro atoms. The predicted molar refractivity (Wildman–Crippen MR) is 112 cm³/mol. The second kappa shape index (κ2) is 9.02. The first-order valence-electron chi connectivity index (χ1n) is 10.3. The van der Waals surface area contributed by atoms with Gasteiger partial charge in [-0.1, -0.05) is 13.0 Å². The monoisotopic (exact) mass is 424 g/mol. The van der Waals surface area contributed by atoms with Gasteiger partial charge >= 0.3 is 5.97 Å². The van der Waals surface area contributed by atoms with Gasteiger partial charge in [0.25, 0.3) is 0 Å². The molecule has 162 valence electrons. The van der Waals surface area contributed by atoms with Crippen molar-refractivity contribution in [1.82, 2.24) is 9.21 Å². The lowest BCUT2D eigenvalue weighted by Crippen LogP contribution is -2.57.